The maximum Gasteiger partial charge on any atom is 0.418 e. The lowest BCUT2D eigenvalue weighted by atomic mass is 10.1. The average molecular weight is 482 g/mol. The normalized spacial score (nSPS) is 18.7. The Morgan fingerprint density at radius 3 is 2.36 bits per heavy atom. The number of sulfonamides is 1. The van der Waals surface area contributed by atoms with Crippen molar-refractivity contribution < 1.29 is 26.4 Å². The smallest absolute Gasteiger partial charge is 0.324 e. The maximum atomic E-state index is 13.2. The van der Waals surface area contributed by atoms with Crippen LogP contribution in [0.2, 0.25) is 0 Å². The van der Waals surface area contributed by atoms with Crippen molar-refractivity contribution in [2.45, 2.75) is 43.3 Å². The Labute approximate surface area is 191 Å². The van der Waals surface area contributed by atoms with Crippen molar-refractivity contribution >= 4 is 21.6 Å². The number of nitrogens with one attached hydrogen (secondary N) is 1. The molecule has 1 amide bonds. The van der Waals surface area contributed by atoms with Crippen molar-refractivity contribution in [3.8, 4) is 0 Å². The highest BCUT2D eigenvalue weighted by Gasteiger charge is 2.35. The maximum absolute atomic E-state index is 13.2. The molecular weight excluding hydrogens is 455 g/mol. The van der Waals surface area contributed by atoms with Gasteiger partial charge < -0.3 is 5.32 Å². The van der Waals surface area contributed by atoms with Crippen LogP contribution in [-0.2, 0) is 33.8 Å². The van der Waals surface area contributed by atoms with Gasteiger partial charge in [0.05, 0.1) is 22.2 Å². The van der Waals surface area contributed by atoms with E-state index in [9.17, 15) is 26.4 Å². The third-order valence-corrected chi connectivity index (χ3v) is 8.29. The van der Waals surface area contributed by atoms with Crippen molar-refractivity contribution in [3.05, 3.63) is 59.2 Å². The third kappa shape index (κ3) is 4.92. The first kappa shape index (κ1) is 23.7. The van der Waals surface area contributed by atoms with Gasteiger partial charge in [0.15, 0.2) is 0 Å². The van der Waals surface area contributed by atoms with E-state index in [0.717, 1.165) is 30.9 Å². The van der Waals surface area contributed by atoms with E-state index in [2.05, 4.69) is 5.32 Å². The van der Waals surface area contributed by atoms with Crippen LogP contribution in [0.4, 0.5) is 18.9 Å². The molecule has 0 bridgehead atoms. The first-order chi connectivity index (χ1) is 15.6. The van der Waals surface area contributed by atoms with Gasteiger partial charge in [-0.2, -0.15) is 17.5 Å². The second kappa shape index (κ2) is 9.08. The van der Waals surface area contributed by atoms with E-state index >= 15 is 0 Å². The number of alkyl halides is 3. The summed E-state index contributed by atoms with van der Waals surface area (Å²) in [7, 11) is -3.64. The Balaban J connectivity index is 1.39. The topological polar surface area (TPSA) is 69.7 Å². The molecule has 4 rings (SSSR count). The van der Waals surface area contributed by atoms with Crippen LogP contribution in [0, 0.1) is 0 Å². The molecule has 0 saturated carbocycles. The third-order valence-electron chi connectivity index (χ3n) is 6.40. The lowest BCUT2D eigenvalue weighted by molar-refractivity contribution is -0.137. The lowest BCUT2D eigenvalue weighted by Gasteiger charge is -2.36. The first-order valence-electron chi connectivity index (χ1n) is 10.9. The zero-order valence-electron chi connectivity index (χ0n) is 18.2. The van der Waals surface area contributed by atoms with Crippen LogP contribution >= 0.6 is 0 Å². The average Bonchev–Trinajstić information content (AvgIpc) is 3.26. The van der Waals surface area contributed by atoms with E-state index in [1.54, 1.807) is 24.0 Å². The fraction of sp³-hybridized carbons (Fsp3) is 0.435. The minimum atomic E-state index is -4.58. The summed E-state index contributed by atoms with van der Waals surface area (Å²) in [6, 6.07) is 9.42. The van der Waals surface area contributed by atoms with Gasteiger partial charge in [0.25, 0.3) is 0 Å². The van der Waals surface area contributed by atoms with Gasteiger partial charge in [0, 0.05) is 26.2 Å². The van der Waals surface area contributed by atoms with E-state index in [1.807, 2.05) is 6.07 Å². The fourth-order valence-corrected chi connectivity index (χ4v) is 5.90. The number of para-hydroxylation sites is 1. The predicted octanol–water partition coefficient (Wildman–Crippen LogP) is 3.53. The molecule has 1 heterocycles. The summed E-state index contributed by atoms with van der Waals surface area (Å²) >= 11 is 0. The van der Waals surface area contributed by atoms with Crippen molar-refractivity contribution in [3.63, 3.8) is 0 Å². The zero-order valence-corrected chi connectivity index (χ0v) is 19.0. The highest BCUT2D eigenvalue weighted by atomic mass is 32.2. The Morgan fingerprint density at radius 1 is 1.00 bits per heavy atom. The van der Waals surface area contributed by atoms with Crippen LogP contribution in [0.5, 0.6) is 0 Å². The van der Waals surface area contributed by atoms with Gasteiger partial charge in [-0.1, -0.05) is 18.2 Å². The van der Waals surface area contributed by atoms with Crippen LogP contribution in [0.1, 0.15) is 30.0 Å². The monoisotopic (exact) mass is 481 g/mol. The standard InChI is InChI=1S/C23H26F3N3O3S/c1-16(22(30)27-21-8-3-2-7-20(21)23(24,25)26)28-11-13-29(14-12-28)33(31,32)19-10-9-17-5-4-6-18(17)15-19/h2-3,7-10,15-16H,4-6,11-14H2,1H3,(H,27,30). The summed E-state index contributed by atoms with van der Waals surface area (Å²) in [5.41, 5.74) is 1.08. The van der Waals surface area contributed by atoms with E-state index in [-0.39, 0.29) is 23.7 Å². The number of benzene rings is 2. The Hall–Kier alpha value is -2.43. The van der Waals surface area contributed by atoms with Gasteiger partial charge in [0.1, 0.15) is 0 Å². The number of hydrogen-bond acceptors (Lipinski definition) is 4. The number of fused-ring (bicyclic) bond motifs is 1. The number of rotatable bonds is 5. The number of halogens is 3. The molecule has 0 spiro atoms. The molecule has 2 aromatic rings. The molecule has 0 aromatic heterocycles. The highest BCUT2D eigenvalue weighted by molar-refractivity contribution is 7.89. The van der Waals surface area contributed by atoms with E-state index in [4.69, 9.17) is 0 Å². The summed E-state index contributed by atoms with van der Waals surface area (Å²) in [4.78, 5) is 14.7. The zero-order chi connectivity index (χ0) is 23.8. The molecule has 10 heteroatoms. The van der Waals surface area contributed by atoms with Gasteiger partial charge in [-0.15, -0.1) is 0 Å². The number of carbonyl (C=O) groups excluding carboxylic acids is 1. The molecule has 1 fully saturated rings. The van der Waals surface area contributed by atoms with Gasteiger partial charge >= 0.3 is 6.18 Å². The molecule has 2 aromatic carbocycles. The van der Waals surface area contributed by atoms with E-state index in [1.165, 1.54) is 28.1 Å². The number of carbonyl (C=O) groups is 1. The summed E-state index contributed by atoms with van der Waals surface area (Å²) in [5.74, 6) is -0.568. The Kier molecular flexibility index (Phi) is 6.52. The number of piperazine rings is 1. The predicted molar refractivity (Wildman–Crippen MR) is 118 cm³/mol. The summed E-state index contributed by atoms with van der Waals surface area (Å²) < 4.78 is 67.2. The molecule has 1 aliphatic heterocycles. The molecule has 1 aliphatic carbocycles. The van der Waals surface area contributed by atoms with Crippen molar-refractivity contribution in [1.29, 1.82) is 0 Å². The van der Waals surface area contributed by atoms with Crippen LogP contribution in [0.25, 0.3) is 0 Å². The van der Waals surface area contributed by atoms with Crippen molar-refractivity contribution in [2.75, 3.05) is 31.5 Å². The molecule has 0 radical (unpaired) electrons. The molecule has 1 atom stereocenters. The first-order valence-corrected chi connectivity index (χ1v) is 12.3. The molecular formula is C23H26F3N3O3S. The van der Waals surface area contributed by atoms with Gasteiger partial charge in [0.2, 0.25) is 15.9 Å². The lowest BCUT2D eigenvalue weighted by Crippen LogP contribution is -2.54. The number of aryl methyl sites for hydroxylation is 2. The summed E-state index contributed by atoms with van der Waals surface area (Å²) in [6.45, 7) is 2.63. The van der Waals surface area contributed by atoms with E-state index < -0.39 is 33.7 Å². The Morgan fingerprint density at radius 2 is 1.67 bits per heavy atom. The second-order valence-electron chi connectivity index (χ2n) is 8.43. The van der Waals surface area contributed by atoms with Gasteiger partial charge in [-0.05, 0) is 61.6 Å². The number of nitrogens with zero attached hydrogens (tertiary/aromatic N) is 2. The number of hydrogen-bond donors (Lipinski definition) is 1. The molecule has 178 valence electrons. The largest absolute Gasteiger partial charge is 0.418 e. The van der Waals surface area contributed by atoms with Gasteiger partial charge in [-0.25, -0.2) is 8.42 Å². The van der Waals surface area contributed by atoms with Crippen LogP contribution < -0.4 is 5.32 Å². The van der Waals surface area contributed by atoms with Crippen LogP contribution in [0.15, 0.2) is 47.4 Å². The molecule has 1 N–H and O–H groups in total. The minimum Gasteiger partial charge on any atom is -0.324 e. The van der Waals surface area contributed by atoms with Crippen molar-refractivity contribution in [2.24, 2.45) is 0 Å². The highest BCUT2D eigenvalue weighted by Crippen LogP contribution is 2.34. The van der Waals surface area contributed by atoms with Crippen molar-refractivity contribution in [1.82, 2.24) is 9.21 Å². The summed E-state index contributed by atoms with van der Waals surface area (Å²) in [6.07, 6.45) is -1.69. The molecule has 33 heavy (non-hydrogen) atoms. The SMILES string of the molecule is CC(C(=O)Nc1ccccc1C(F)(F)F)N1CCN(S(=O)(=O)c2ccc3c(c2)CCC3)CC1. The molecule has 1 saturated heterocycles. The van der Waals surface area contributed by atoms with E-state index in [0.29, 0.717) is 13.1 Å². The molecule has 2 aliphatic rings. The second-order valence-corrected chi connectivity index (χ2v) is 10.4. The van der Waals surface area contributed by atoms with Crippen LogP contribution in [-0.4, -0.2) is 55.8 Å². The minimum absolute atomic E-state index is 0.205. The van der Waals surface area contributed by atoms with Crippen LogP contribution in [0.3, 0.4) is 0 Å². The fourth-order valence-electron chi connectivity index (χ4n) is 4.43. The quantitative estimate of drug-likeness (QED) is 0.710. The number of amides is 1. The Bertz CT molecular complexity index is 1140. The summed E-state index contributed by atoms with van der Waals surface area (Å²) in [5, 5.41) is 2.37. The van der Waals surface area contributed by atoms with Gasteiger partial charge in [-0.3, -0.25) is 9.69 Å². The number of anilines is 1. The molecule has 6 nitrogen and oxygen atoms in total. The molecule has 1 unspecified atom stereocenters.